The molecular formula is C26H37BO2. The highest BCUT2D eigenvalue weighted by Gasteiger charge is 2.51. The van der Waals surface area contributed by atoms with Crippen molar-refractivity contribution in [3.63, 3.8) is 0 Å². The number of benzene rings is 2. The highest BCUT2D eigenvalue weighted by Crippen LogP contribution is 2.36. The SMILES string of the molecule is CCCCCCCCc1ccc(-c2ccc(B3OC(C)(C)C(C)(C)O3)cc2)cc1. The number of hydrogen-bond donors (Lipinski definition) is 0. The Morgan fingerprint density at radius 3 is 1.69 bits per heavy atom. The number of rotatable bonds is 9. The Labute approximate surface area is 178 Å². The van der Waals surface area contributed by atoms with Gasteiger partial charge >= 0.3 is 7.12 Å². The maximum absolute atomic E-state index is 6.16. The maximum atomic E-state index is 6.16. The zero-order valence-corrected chi connectivity index (χ0v) is 19.0. The molecule has 0 unspecified atom stereocenters. The Hall–Kier alpha value is -1.58. The molecule has 2 nitrogen and oxygen atoms in total. The van der Waals surface area contributed by atoms with Gasteiger partial charge in [-0.1, -0.05) is 87.6 Å². The van der Waals surface area contributed by atoms with E-state index in [-0.39, 0.29) is 18.3 Å². The summed E-state index contributed by atoms with van der Waals surface area (Å²) in [6, 6.07) is 17.6. The van der Waals surface area contributed by atoms with Crippen molar-refractivity contribution in [3.8, 4) is 11.1 Å². The van der Waals surface area contributed by atoms with Crippen LogP contribution in [-0.2, 0) is 15.7 Å². The first-order valence-corrected chi connectivity index (χ1v) is 11.4. The minimum atomic E-state index is -0.303. The van der Waals surface area contributed by atoms with Crippen LogP contribution in [0.25, 0.3) is 11.1 Å². The standard InChI is InChI=1S/C26H37BO2/c1-6-7-8-9-10-11-12-21-13-15-22(16-14-21)23-17-19-24(20-18-23)27-28-25(2,3)26(4,5)29-27/h13-20H,6-12H2,1-5H3. The molecule has 0 atom stereocenters. The predicted octanol–water partition coefficient (Wildman–Crippen LogP) is 6.56. The van der Waals surface area contributed by atoms with E-state index in [2.05, 4.69) is 83.1 Å². The maximum Gasteiger partial charge on any atom is 0.494 e. The zero-order chi connectivity index (χ0) is 20.9. The Kier molecular flexibility index (Phi) is 7.24. The van der Waals surface area contributed by atoms with E-state index in [1.807, 2.05) is 0 Å². The molecule has 0 N–H and O–H groups in total. The summed E-state index contributed by atoms with van der Waals surface area (Å²) in [4.78, 5) is 0. The summed E-state index contributed by atoms with van der Waals surface area (Å²) in [5.41, 5.74) is 4.41. The summed E-state index contributed by atoms with van der Waals surface area (Å²) < 4.78 is 12.3. The molecule has 0 spiro atoms. The topological polar surface area (TPSA) is 18.5 Å². The molecule has 1 heterocycles. The largest absolute Gasteiger partial charge is 0.494 e. The van der Waals surface area contributed by atoms with Crippen molar-refractivity contribution >= 4 is 12.6 Å². The molecule has 156 valence electrons. The van der Waals surface area contributed by atoms with E-state index in [1.54, 1.807) is 0 Å². The van der Waals surface area contributed by atoms with Crippen LogP contribution in [-0.4, -0.2) is 18.3 Å². The summed E-state index contributed by atoms with van der Waals surface area (Å²) >= 11 is 0. The third-order valence-electron chi connectivity index (χ3n) is 6.54. The van der Waals surface area contributed by atoms with Crippen molar-refractivity contribution < 1.29 is 9.31 Å². The summed E-state index contributed by atoms with van der Waals surface area (Å²) in [6.45, 7) is 10.6. The molecule has 3 heteroatoms. The lowest BCUT2D eigenvalue weighted by Gasteiger charge is -2.32. The van der Waals surface area contributed by atoms with Crippen LogP contribution >= 0.6 is 0 Å². The summed E-state index contributed by atoms with van der Waals surface area (Å²) in [7, 11) is -0.297. The second kappa shape index (κ2) is 9.49. The normalized spacial score (nSPS) is 17.6. The smallest absolute Gasteiger partial charge is 0.399 e. The highest BCUT2D eigenvalue weighted by molar-refractivity contribution is 6.62. The quantitative estimate of drug-likeness (QED) is 0.356. The molecule has 2 aromatic carbocycles. The third-order valence-corrected chi connectivity index (χ3v) is 6.54. The molecule has 0 saturated carbocycles. The minimum Gasteiger partial charge on any atom is -0.399 e. The van der Waals surface area contributed by atoms with Crippen LogP contribution in [0.3, 0.4) is 0 Å². The molecule has 0 aliphatic carbocycles. The van der Waals surface area contributed by atoms with Crippen molar-refractivity contribution in [2.24, 2.45) is 0 Å². The fourth-order valence-corrected chi connectivity index (χ4v) is 3.79. The summed E-state index contributed by atoms with van der Waals surface area (Å²) in [5.74, 6) is 0. The van der Waals surface area contributed by atoms with Crippen molar-refractivity contribution in [3.05, 3.63) is 54.1 Å². The molecule has 0 radical (unpaired) electrons. The second-order valence-electron chi connectivity index (χ2n) is 9.42. The van der Waals surface area contributed by atoms with E-state index in [0.717, 1.165) is 5.46 Å². The van der Waals surface area contributed by atoms with Crippen LogP contribution in [0.15, 0.2) is 48.5 Å². The number of hydrogen-bond acceptors (Lipinski definition) is 2. The Balaban J connectivity index is 1.55. The van der Waals surface area contributed by atoms with Crippen molar-refractivity contribution in [2.75, 3.05) is 0 Å². The van der Waals surface area contributed by atoms with E-state index in [9.17, 15) is 0 Å². The van der Waals surface area contributed by atoms with E-state index in [4.69, 9.17) is 9.31 Å². The Morgan fingerprint density at radius 2 is 1.14 bits per heavy atom. The van der Waals surface area contributed by atoms with Crippen LogP contribution in [0, 0.1) is 0 Å². The van der Waals surface area contributed by atoms with Crippen molar-refractivity contribution in [2.45, 2.75) is 90.8 Å². The molecule has 29 heavy (non-hydrogen) atoms. The van der Waals surface area contributed by atoms with Crippen molar-refractivity contribution in [1.29, 1.82) is 0 Å². The molecule has 3 rings (SSSR count). The molecule has 1 saturated heterocycles. The lowest BCUT2D eigenvalue weighted by atomic mass is 9.78. The zero-order valence-electron chi connectivity index (χ0n) is 19.0. The van der Waals surface area contributed by atoms with E-state index in [0.29, 0.717) is 0 Å². The van der Waals surface area contributed by atoms with Gasteiger partial charge in [0.15, 0.2) is 0 Å². The van der Waals surface area contributed by atoms with Crippen LogP contribution < -0.4 is 5.46 Å². The van der Waals surface area contributed by atoms with Gasteiger partial charge in [0.25, 0.3) is 0 Å². The van der Waals surface area contributed by atoms with Crippen molar-refractivity contribution in [1.82, 2.24) is 0 Å². The van der Waals surface area contributed by atoms with Gasteiger partial charge in [-0.05, 0) is 62.7 Å². The number of unbranched alkanes of at least 4 members (excludes halogenated alkanes) is 5. The third kappa shape index (κ3) is 5.52. The lowest BCUT2D eigenvalue weighted by Crippen LogP contribution is -2.41. The first kappa shape index (κ1) is 22.1. The van der Waals surface area contributed by atoms with Gasteiger partial charge in [0, 0.05) is 0 Å². The molecule has 0 aromatic heterocycles. The second-order valence-corrected chi connectivity index (χ2v) is 9.42. The van der Waals surface area contributed by atoms with E-state index < -0.39 is 0 Å². The molecule has 1 aliphatic rings. The lowest BCUT2D eigenvalue weighted by molar-refractivity contribution is 0.00578. The van der Waals surface area contributed by atoms with Crippen LogP contribution in [0.2, 0.25) is 0 Å². The van der Waals surface area contributed by atoms with Gasteiger partial charge in [0.2, 0.25) is 0 Å². The first-order chi connectivity index (χ1) is 13.8. The monoisotopic (exact) mass is 392 g/mol. The van der Waals surface area contributed by atoms with E-state index in [1.165, 1.54) is 61.6 Å². The van der Waals surface area contributed by atoms with E-state index >= 15 is 0 Å². The molecular weight excluding hydrogens is 355 g/mol. The fourth-order valence-electron chi connectivity index (χ4n) is 3.79. The number of aryl methyl sites for hydroxylation is 1. The van der Waals surface area contributed by atoms with Crippen LogP contribution in [0.4, 0.5) is 0 Å². The fraction of sp³-hybridized carbons (Fsp3) is 0.538. The van der Waals surface area contributed by atoms with Gasteiger partial charge in [0.05, 0.1) is 11.2 Å². The van der Waals surface area contributed by atoms with Crippen LogP contribution in [0.1, 0.15) is 78.7 Å². The van der Waals surface area contributed by atoms with Gasteiger partial charge in [-0.25, -0.2) is 0 Å². The van der Waals surface area contributed by atoms with Gasteiger partial charge in [-0.2, -0.15) is 0 Å². The Bertz CT molecular complexity index is 746. The van der Waals surface area contributed by atoms with Crippen LogP contribution in [0.5, 0.6) is 0 Å². The average molecular weight is 392 g/mol. The van der Waals surface area contributed by atoms with Gasteiger partial charge < -0.3 is 9.31 Å². The first-order valence-electron chi connectivity index (χ1n) is 11.4. The minimum absolute atomic E-state index is 0.297. The molecule has 0 amide bonds. The molecule has 0 bridgehead atoms. The molecule has 2 aromatic rings. The van der Waals surface area contributed by atoms with Gasteiger partial charge in [0.1, 0.15) is 0 Å². The van der Waals surface area contributed by atoms with Gasteiger partial charge in [-0.15, -0.1) is 0 Å². The Morgan fingerprint density at radius 1 is 0.655 bits per heavy atom. The molecule has 1 aliphatic heterocycles. The van der Waals surface area contributed by atoms with Gasteiger partial charge in [-0.3, -0.25) is 0 Å². The highest BCUT2D eigenvalue weighted by atomic mass is 16.7. The predicted molar refractivity (Wildman–Crippen MR) is 125 cm³/mol. The summed E-state index contributed by atoms with van der Waals surface area (Å²) in [5, 5.41) is 0. The summed E-state index contributed by atoms with van der Waals surface area (Å²) in [6.07, 6.45) is 9.29. The average Bonchev–Trinajstić information content (AvgIpc) is 2.92. The molecule has 1 fully saturated rings.